The van der Waals surface area contributed by atoms with Crippen molar-refractivity contribution in [1.82, 2.24) is 0 Å². The number of ether oxygens (including phenoxy) is 2. The summed E-state index contributed by atoms with van der Waals surface area (Å²) in [6.07, 6.45) is 4.81. The van der Waals surface area contributed by atoms with Crippen LogP contribution in [0.25, 0.3) is 11.1 Å². The van der Waals surface area contributed by atoms with E-state index in [1.54, 1.807) is 0 Å². The highest BCUT2D eigenvalue weighted by Gasteiger charge is 2.10. The van der Waals surface area contributed by atoms with Crippen molar-refractivity contribution in [2.24, 2.45) is 5.92 Å². The van der Waals surface area contributed by atoms with Gasteiger partial charge in [0.05, 0.1) is 30.8 Å². The third-order valence-electron chi connectivity index (χ3n) is 4.77. The van der Waals surface area contributed by atoms with Crippen molar-refractivity contribution in [3.05, 3.63) is 54.1 Å². The van der Waals surface area contributed by atoms with Gasteiger partial charge >= 0.3 is 5.97 Å². The second-order valence-corrected chi connectivity index (χ2v) is 6.95. The summed E-state index contributed by atoms with van der Waals surface area (Å²) in [6.45, 7) is 5.09. The maximum Gasteiger partial charge on any atom is 0.308 e. The summed E-state index contributed by atoms with van der Waals surface area (Å²) in [5, 5.41) is 8.86. The Bertz CT molecular complexity index is 760. The van der Waals surface area contributed by atoms with Gasteiger partial charge in [-0.05, 0) is 67.5 Å². The van der Waals surface area contributed by atoms with E-state index in [0.717, 1.165) is 49.0 Å². The number of unbranched alkanes of at least 4 members (excludes halogenated alkanes) is 3. The van der Waals surface area contributed by atoms with E-state index >= 15 is 0 Å². The first-order valence-corrected chi connectivity index (χ1v) is 10.0. The highest BCUT2D eigenvalue weighted by molar-refractivity contribution is 5.71. The fourth-order valence-corrected chi connectivity index (χ4v) is 2.71. The van der Waals surface area contributed by atoms with Crippen LogP contribution in [0.2, 0.25) is 0 Å². The summed E-state index contributed by atoms with van der Waals surface area (Å²) in [5.41, 5.74) is 2.85. The SMILES string of the molecule is CCC(C)C(=O)OCCCCCCOc1ccc(-c2ccc(C#N)cc2)cc1. The Morgan fingerprint density at radius 1 is 0.929 bits per heavy atom. The van der Waals surface area contributed by atoms with Crippen LogP contribution in [0.4, 0.5) is 0 Å². The molecule has 0 radical (unpaired) electrons. The van der Waals surface area contributed by atoms with E-state index in [1.807, 2.05) is 62.4 Å². The first-order chi connectivity index (χ1) is 13.6. The van der Waals surface area contributed by atoms with Crippen LogP contribution in [0, 0.1) is 17.2 Å². The summed E-state index contributed by atoms with van der Waals surface area (Å²) >= 11 is 0. The van der Waals surface area contributed by atoms with E-state index in [9.17, 15) is 4.79 Å². The molecule has 0 spiro atoms. The van der Waals surface area contributed by atoms with Gasteiger partial charge in [-0.3, -0.25) is 4.79 Å². The van der Waals surface area contributed by atoms with Gasteiger partial charge in [0.15, 0.2) is 0 Å². The Balaban J connectivity index is 1.61. The topological polar surface area (TPSA) is 59.3 Å². The van der Waals surface area contributed by atoms with Gasteiger partial charge in [0.2, 0.25) is 0 Å². The molecule has 0 aliphatic heterocycles. The average Bonchev–Trinajstić information content (AvgIpc) is 2.75. The lowest BCUT2D eigenvalue weighted by Gasteiger charge is -2.09. The molecule has 0 aliphatic rings. The number of nitriles is 1. The van der Waals surface area contributed by atoms with Crippen LogP contribution in [-0.2, 0) is 9.53 Å². The molecule has 0 saturated heterocycles. The predicted octanol–water partition coefficient (Wildman–Crippen LogP) is 5.75. The van der Waals surface area contributed by atoms with Crippen molar-refractivity contribution < 1.29 is 14.3 Å². The van der Waals surface area contributed by atoms with E-state index in [-0.39, 0.29) is 11.9 Å². The molecule has 2 rings (SSSR count). The van der Waals surface area contributed by atoms with Crippen LogP contribution in [-0.4, -0.2) is 19.2 Å². The average molecular weight is 380 g/mol. The summed E-state index contributed by atoms with van der Waals surface area (Å²) < 4.78 is 11.0. The minimum Gasteiger partial charge on any atom is -0.494 e. The predicted molar refractivity (Wildman–Crippen MR) is 111 cm³/mol. The fourth-order valence-electron chi connectivity index (χ4n) is 2.71. The molecule has 0 saturated carbocycles. The maximum absolute atomic E-state index is 11.6. The number of benzene rings is 2. The van der Waals surface area contributed by atoms with Gasteiger partial charge in [0, 0.05) is 0 Å². The molecule has 1 unspecified atom stereocenters. The second-order valence-electron chi connectivity index (χ2n) is 6.95. The standard InChI is InChI=1S/C24H29NO3/c1-3-19(2)24(26)28-17-7-5-4-6-16-27-23-14-12-22(13-15-23)21-10-8-20(18-25)9-11-21/h8-15,19H,3-7,16-17H2,1-2H3. The first kappa shape index (κ1) is 21.5. The zero-order valence-electron chi connectivity index (χ0n) is 16.8. The molecule has 0 aromatic heterocycles. The van der Waals surface area contributed by atoms with E-state index < -0.39 is 0 Å². The van der Waals surface area contributed by atoms with Crippen LogP contribution < -0.4 is 4.74 Å². The Labute approximate surface area is 168 Å². The minimum atomic E-state index is -0.0877. The van der Waals surface area contributed by atoms with E-state index in [0.29, 0.717) is 18.8 Å². The van der Waals surface area contributed by atoms with Gasteiger partial charge in [-0.1, -0.05) is 38.1 Å². The molecule has 28 heavy (non-hydrogen) atoms. The summed E-state index contributed by atoms with van der Waals surface area (Å²) in [6, 6.07) is 17.7. The molecule has 0 amide bonds. The summed E-state index contributed by atoms with van der Waals surface area (Å²) in [4.78, 5) is 11.6. The van der Waals surface area contributed by atoms with E-state index in [1.165, 1.54) is 0 Å². The quantitative estimate of drug-likeness (QED) is 0.368. The van der Waals surface area contributed by atoms with Crippen molar-refractivity contribution >= 4 is 5.97 Å². The number of nitrogens with zero attached hydrogens (tertiary/aromatic N) is 1. The molecule has 0 heterocycles. The van der Waals surface area contributed by atoms with Crippen molar-refractivity contribution in [2.75, 3.05) is 13.2 Å². The number of esters is 1. The van der Waals surface area contributed by atoms with E-state index in [4.69, 9.17) is 14.7 Å². The van der Waals surface area contributed by atoms with Gasteiger partial charge in [-0.15, -0.1) is 0 Å². The lowest BCUT2D eigenvalue weighted by molar-refractivity contribution is -0.148. The molecule has 0 bridgehead atoms. The molecular weight excluding hydrogens is 350 g/mol. The number of carbonyl (C=O) groups is 1. The van der Waals surface area contributed by atoms with Crippen molar-refractivity contribution in [3.8, 4) is 22.9 Å². The number of hydrogen-bond donors (Lipinski definition) is 0. The van der Waals surface area contributed by atoms with Gasteiger partial charge in [-0.25, -0.2) is 0 Å². The van der Waals surface area contributed by atoms with Gasteiger partial charge in [0.1, 0.15) is 5.75 Å². The van der Waals surface area contributed by atoms with E-state index in [2.05, 4.69) is 6.07 Å². The molecule has 0 aliphatic carbocycles. The third-order valence-corrected chi connectivity index (χ3v) is 4.77. The maximum atomic E-state index is 11.6. The normalized spacial score (nSPS) is 11.5. The Morgan fingerprint density at radius 2 is 1.50 bits per heavy atom. The number of hydrogen-bond acceptors (Lipinski definition) is 4. The van der Waals surface area contributed by atoms with Crippen LogP contribution in [0.15, 0.2) is 48.5 Å². The number of carbonyl (C=O) groups excluding carboxylic acids is 1. The van der Waals surface area contributed by atoms with Crippen LogP contribution >= 0.6 is 0 Å². The monoisotopic (exact) mass is 379 g/mol. The largest absolute Gasteiger partial charge is 0.494 e. The molecule has 0 fully saturated rings. The minimum absolute atomic E-state index is 0.00306. The van der Waals surface area contributed by atoms with Gasteiger partial charge < -0.3 is 9.47 Å². The smallest absolute Gasteiger partial charge is 0.308 e. The zero-order chi connectivity index (χ0) is 20.2. The molecule has 4 nitrogen and oxygen atoms in total. The lowest BCUT2D eigenvalue weighted by atomic mass is 10.0. The van der Waals surface area contributed by atoms with Crippen molar-refractivity contribution in [3.63, 3.8) is 0 Å². The molecule has 148 valence electrons. The fraction of sp³-hybridized carbons (Fsp3) is 0.417. The molecule has 2 aromatic rings. The lowest BCUT2D eigenvalue weighted by Crippen LogP contribution is -2.14. The number of rotatable bonds is 11. The summed E-state index contributed by atoms with van der Waals surface area (Å²) in [7, 11) is 0. The van der Waals surface area contributed by atoms with Crippen molar-refractivity contribution in [2.45, 2.75) is 46.0 Å². The van der Waals surface area contributed by atoms with Crippen molar-refractivity contribution in [1.29, 1.82) is 5.26 Å². The first-order valence-electron chi connectivity index (χ1n) is 10.0. The Kier molecular flexibility index (Phi) is 9.07. The second kappa shape index (κ2) is 11.8. The third kappa shape index (κ3) is 7.08. The molecular formula is C24H29NO3. The van der Waals surface area contributed by atoms with Crippen LogP contribution in [0.3, 0.4) is 0 Å². The highest BCUT2D eigenvalue weighted by Crippen LogP contribution is 2.23. The Morgan fingerprint density at radius 3 is 2.07 bits per heavy atom. The molecule has 2 aromatic carbocycles. The van der Waals surface area contributed by atoms with Gasteiger partial charge in [0.25, 0.3) is 0 Å². The van der Waals surface area contributed by atoms with Gasteiger partial charge in [-0.2, -0.15) is 5.26 Å². The Hall–Kier alpha value is -2.80. The van der Waals surface area contributed by atoms with Crippen LogP contribution in [0.5, 0.6) is 5.75 Å². The molecule has 4 heteroatoms. The van der Waals surface area contributed by atoms with Crippen LogP contribution in [0.1, 0.15) is 51.5 Å². The summed E-state index contributed by atoms with van der Waals surface area (Å²) in [5.74, 6) is 0.770. The molecule has 1 atom stereocenters. The molecule has 0 N–H and O–H groups in total. The highest BCUT2D eigenvalue weighted by atomic mass is 16.5. The zero-order valence-corrected chi connectivity index (χ0v) is 16.8.